The van der Waals surface area contributed by atoms with E-state index in [1.807, 2.05) is 32.0 Å². The summed E-state index contributed by atoms with van der Waals surface area (Å²) in [4.78, 5) is 27.3. The lowest BCUT2D eigenvalue weighted by molar-refractivity contribution is -0.190. The molecule has 3 aromatic rings. The number of aromatic nitrogens is 2. The minimum absolute atomic E-state index is 0. The number of aryl methyl sites for hydroxylation is 2. The first-order valence-electron chi connectivity index (χ1n) is 17.0. The van der Waals surface area contributed by atoms with Crippen molar-refractivity contribution >= 4 is 21.9 Å². The van der Waals surface area contributed by atoms with E-state index in [4.69, 9.17) is 4.74 Å². The summed E-state index contributed by atoms with van der Waals surface area (Å²) in [6, 6.07) is 12.2. The number of alkyl halides is 3. The van der Waals surface area contributed by atoms with Crippen LogP contribution in [0.5, 0.6) is 5.88 Å². The van der Waals surface area contributed by atoms with Crippen molar-refractivity contribution in [2.75, 3.05) is 31.5 Å². The van der Waals surface area contributed by atoms with Crippen LogP contribution in [0.3, 0.4) is 0 Å². The third kappa shape index (κ3) is 6.51. The van der Waals surface area contributed by atoms with Gasteiger partial charge < -0.3 is 14.5 Å². The number of halogens is 3. The summed E-state index contributed by atoms with van der Waals surface area (Å²) in [5.74, 6) is -0.564. The molecule has 3 heterocycles. The van der Waals surface area contributed by atoms with Crippen molar-refractivity contribution < 1.29 is 32.5 Å². The fraction of sp³-hybridized carbons (Fsp3) is 0.528. The molecule has 2 aliphatic heterocycles. The number of nitrogens with one attached hydrogen (secondary N) is 1. The molecular formula is C36H44F3N5O4S. The van der Waals surface area contributed by atoms with Crippen molar-refractivity contribution in [3.8, 4) is 17.1 Å². The largest absolute Gasteiger partial charge is 0.475 e. The first-order valence-corrected chi connectivity index (χ1v) is 18.5. The van der Waals surface area contributed by atoms with Gasteiger partial charge in [-0.3, -0.25) is 4.79 Å². The topological polar surface area (TPSA) is 105 Å². The fourth-order valence-electron chi connectivity index (χ4n) is 8.04. The van der Waals surface area contributed by atoms with E-state index in [9.17, 15) is 26.4 Å². The standard InChI is InChI=1S/C36H42F3N5O4S.H2/c1-23-6-4-7-24(2)31(23)29-19-30-41-33(40-29)42-49(46,47)28-9-5-8-25(18-28)32(45)44(27-20-34(21-27)14-16-43(3)17-15-34)26(22-48-30)10-11-35(12-13-35)36(37,38)39;/h4-9,18-19,26-27H,10-17,20-22H2,1-3H3,(H,40,41,42);1H. The molecule has 2 aromatic carbocycles. The Kier molecular flexibility index (Phi) is 8.45. The van der Waals surface area contributed by atoms with E-state index >= 15 is 0 Å². The molecule has 1 saturated heterocycles. The second-order valence-electron chi connectivity index (χ2n) is 14.7. The maximum absolute atomic E-state index is 14.5. The molecular weight excluding hydrogens is 655 g/mol. The van der Waals surface area contributed by atoms with Crippen LogP contribution in [0.25, 0.3) is 11.3 Å². The Labute approximate surface area is 286 Å². The highest BCUT2D eigenvalue weighted by Crippen LogP contribution is 2.61. The second-order valence-corrected chi connectivity index (χ2v) is 16.4. The maximum Gasteiger partial charge on any atom is 0.394 e. The highest BCUT2D eigenvalue weighted by atomic mass is 32.2. The number of carbonyl (C=O) groups excluding carboxylic acids is 1. The van der Waals surface area contributed by atoms with Crippen LogP contribution in [-0.4, -0.2) is 79.1 Å². The quantitative estimate of drug-likeness (QED) is 0.306. The van der Waals surface area contributed by atoms with Gasteiger partial charge >= 0.3 is 6.18 Å². The van der Waals surface area contributed by atoms with Crippen LogP contribution >= 0.6 is 0 Å². The van der Waals surface area contributed by atoms with Gasteiger partial charge in [-0.2, -0.15) is 18.2 Å². The summed E-state index contributed by atoms with van der Waals surface area (Å²) in [5.41, 5.74) is 1.51. The van der Waals surface area contributed by atoms with Gasteiger partial charge in [-0.15, -0.1) is 0 Å². The van der Waals surface area contributed by atoms with Crippen molar-refractivity contribution in [3.05, 3.63) is 65.2 Å². The Bertz CT molecular complexity index is 1850. The van der Waals surface area contributed by atoms with Crippen molar-refractivity contribution in [2.45, 2.75) is 88.4 Å². The summed E-state index contributed by atoms with van der Waals surface area (Å²) >= 11 is 0. The highest BCUT2D eigenvalue weighted by Gasteiger charge is 2.62. The number of benzene rings is 2. The number of amides is 1. The Morgan fingerprint density at radius 1 is 1.00 bits per heavy atom. The number of nitrogens with zero attached hydrogens (tertiary/aromatic N) is 4. The molecule has 4 bridgehead atoms. The molecule has 1 atom stereocenters. The number of piperidine rings is 1. The van der Waals surface area contributed by atoms with Gasteiger partial charge in [-0.1, -0.05) is 24.3 Å². The van der Waals surface area contributed by atoms with Crippen LogP contribution in [0.4, 0.5) is 19.1 Å². The number of likely N-dealkylation sites (tertiary alicyclic amines) is 1. The van der Waals surface area contributed by atoms with E-state index in [1.165, 1.54) is 18.2 Å². The van der Waals surface area contributed by atoms with E-state index in [2.05, 4.69) is 26.6 Å². The molecule has 3 fully saturated rings. The summed E-state index contributed by atoms with van der Waals surface area (Å²) in [5, 5.41) is 0. The molecule has 2 aliphatic carbocycles. The predicted molar refractivity (Wildman–Crippen MR) is 181 cm³/mol. The molecule has 9 nitrogen and oxygen atoms in total. The number of hydrogen-bond donors (Lipinski definition) is 1. The van der Waals surface area contributed by atoms with Gasteiger partial charge in [0.05, 0.1) is 22.0 Å². The number of sulfonamides is 1. The molecule has 0 radical (unpaired) electrons. The number of ether oxygens (including phenoxy) is 1. The van der Waals surface area contributed by atoms with Crippen LogP contribution < -0.4 is 9.46 Å². The van der Waals surface area contributed by atoms with Gasteiger partial charge in [0.1, 0.15) is 6.61 Å². The zero-order valence-corrected chi connectivity index (χ0v) is 28.8. The molecule has 49 heavy (non-hydrogen) atoms. The van der Waals surface area contributed by atoms with Gasteiger partial charge in [0.25, 0.3) is 15.9 Å². The molecule has 264 valence electrons. The summed E-state index contributed by atoms with van der Waals surface area (Å²) in [6.07, 6.45) is -0.796. The molecule has 1 aromatic heterocycles. The summed E-state index contributed by atoms with van der Waals surface area (Å²) < 4.78 is 78.6. The molecule has 13 heteroatoms. The van der Waals surface area contributed by atoms with Gasteiger partial charge in [-0.05, 0) is 120 Å². The van der Waals surface area contributed by atoms with E-state index in [0.717, 1.165) is 55.5 Å². The lowest BCUT2D eigenvalue weighted by Crippen LogP contribution is -2.59. The lowest BCUT2D eigenvalue weighted by atomic mass is 9.59. The molecule has 4 aliphatic rings. The van der Waals surface area contributed by atoms with Crippen molar-refractivity contribution in [1.29, 1.82) is 0 Å². The van der Waals surface area contributed by atoms with E-state index < -0.39 is 33.6 Å². The third-order valence-electron chi connectivity index (χ3n) is 11.3. The first kappa shape index (κ1) is 33.8. The molecule has 1 spiro atoms. The average molecular weight is 700 g/mol. The van der Waals surface area contributed by atoms with E-state index in [-0.39, 0.29) is 67.5 Å². The molecule has 2 saturated carbocycles. The predicted octanol–water partition coefficient (Wildman–Crippen LogP) is 7.01. The lowest BCUT2D eigenvalue weighted by Gasteiger charge is -2.56. The summed E-state index contributed by atoms with van der Waals surface area (Å²) in [6.45, 7) is 5.64. The minimum Gasteiger partial charge on any atom is -0.475 e. The Hall–Kier alpha value is -3.71. The van der Waals surface area contributed by atoms with Crippen molar-refractivity contribution in [1.82, 2.24) is 19.8 Å². The van der Waals surface area contributed by atoms with E-state index in [1.54, 1.807) is 17.0 Å². The summed E-state index contributed by atoms with van der Waals surface area (Å²) in [7, 11) is -2.15. The SMILES string of the molecule is Cc1cccc(C)c1-c1cc2nc(n1)NS(=O)(=O)c1cccc(c1)C(=O)N(C1CC3(CCN(C)CC3)C1)C(CCC1(C(F)(F)F)CC1)CO2.[HH]. The zero-order valence-electron chi connectivity index (χ0n) is 28.0. The molecule has 1 amide bonds. The first-order chi connectivity index (χ1) is 23.2. The average Bonchev–Trinajstić information content (AvgIpc) is 3.83. The number of rotatable bonds is 5. The van der Waals surface area contributed by atoms with Gasteiger partial charge in [0, 0.05) is 24.7 Å². The van der Waals surface area contributed by atoms with Crippen molar-refractivity contribution in [3.63, 3.8) is 0 Å². The van der Waals surface area contributed by atoms with Gasteiger partial charge in [-0.25, -0.2) is 18.1 Å². The zero-order chi connectivity index (χ0) is 34.8. The monoisotopic (exact) mass is 699 g/mol. The van der Waals surface area contributed by atoms with Crippen LogP contribution in [0.1, 0.15) is 74.3 Å². The number of hydrogen-bond acceptors (Lipinski definition) is 7. The normalized spacial score (nSPS) is 23.3. The van der Waals surface area contributed by atoms with Gasteiger partial charge in [0.15, 0.2) is 0 Å². The fourth-order valence-corrected chi connectivity index (χ4v) is 9.03. The highest BCUT2D eigenvalue weighted by molar-refractivity contribution is 7.92. The van der Waals surface area contributed by atoms with Crippen LogP contribution in [0.2, 0.25) is 0 Å². The number of anilines is 1. The Balaban J connectivity index is 0.00000432. The Morgan fingerprint density at radius 3 is 2.33 bits per heavy atom. The molecule has 1 N–H and O–H groups in total. The van der Waals surface area contributed by atoms with Crippen LogP contribution in [0, 0.1) is 24.7 Å². The maximum atomic E-state index is 14.5. The smallest absolute Gasteiger partial charge is 0.394 e. The van der Waals surface area contributed by atoms with Crippen molar-refractivity contribution in [2.24, 2.45) is 10.8 Å². The Morgan fingerprint density at radius 2 is 1.67 bits per heavy atom. The second kappa shape index (κ2) is 12.3. The van der Waals surface area contributed by atoms with Gasteiger partial charge in [0.2, 0.25) is 11.8 Å². The molecule has 1 unspecified atom stereocenters. The van der Waals surface area contributed by atoms with E-state index in [0.29, 0.717) is 5.69 Å². The minimum atomic E-state index is -4.34. The van der Waals surface area contributed by atoms with Crippen LogP contribution in [-0.2, 0) is 10.0 Å². The van der Waals surface area contributed by atoms with Crippen LogP contribution in [0.15, 0.2) is 53.4 Å². The number of fused-ring (bicyclic) bond motifs is 4. The molecule has 7 rings (SSSR count). The third-order valence-corrected chi connectivity index (χ3v) is 12.6. The number of carbonyl (C=O) groups is 1.